The summed E-state index contributed by atoms with van der Waals surface area (Å²) in [4.78, 5) is 66.3. The van der Waals surface area contributed by atoms with Crippen molar-refractivity contribution in [1.82, 2.24) is 29.7 Å². The molecule has 9 aliphatic heterocycles. The second-order valence-corrected chi connectivity index (χ2v) is 39.7. The van der Waals surface area contributed by atoms with Crippen LogP contribution in [0.3, 0.4) is 0 Å². The SMILES string of the molecule is COC[C@H]1N(c2cccc(-c3cccc(C)c3OCc3ccc4c(c3)CN(C3CCOCC3)CC4)n2)C[C@@H]2C[C@@]21C(=O)O.COC[C@H]1N(c2cccc(-c3cccc(C)c3OCc3ccc4c(c3)[C@@H](C)CN(C3CCOCC3)CC4)n2)C[C@@H]2C[C@@]21C(=O)O.COC[C@H]1N(c2cccc(-c3cccc(C)c3OCc3ccc4c(c3)[C@H](C)CN(C3CCOCC3)CC4)n2)C[C@@H]2C[C@@]21C(=O)O. The number of carboxylic acid groups (broad SMARTS) is 3. The van der Waals surface area contributed by atoms with Crippen molar-refractivity contribution in [1.29, 1.82) is 0 Å². The number of piperidine rings is 3. The Hall–Kier alpha value is -10.4. The lowest BCUT2D eigenvalue weighted by atomic mass is 9.93. The maximum Gasteiger partial charge on any atom is 0.312 e. The van der Waals surface area contributed by atoms with E-state index in [-0.39, 0.29) is 35.9 Å². The minimum absolute atomic E-state index is 0.132. The molecule has 3 aliphatic carbocycles. The zero-order valence-electron chi connectivity index (χ0n) is 78.5. The second-order valence-electron chi connectivity index (χ2n) is 39.7. The van der Waals surface area contributed by atoms with E-state index in [1.807, 2.05) is 72.8 Å². The van der Waals surface area contributed by atoms with Gasteiger partial charge in [-0.05, 0) is 249 Å². The Bertz CT molecular complexity index is 5470. The summed E-state index contributed by atoms with van der Waals surface area (Å²) >= 11 is 0. The number of carbonyl (C=O) groups is 3. The average molecular weight is 1810 g/mol. The van der Waals surface area contributed by atoms with Gasteiger partial charge in [0.2, 0.25) is 0 Å². The monoisotopic (exact) mass is 1810 g/mol. The minimum Gasteiger partial charge on any atom is -0.488 e. The molecule has 0 bridgehead atoms. The molecule has 24 nitrogen and oxygen atoms in total. The highest BCUT2D eigenvalue weighted by Crippen LogP contribution is 2.65. The number of fused-ring (bicyclic) bond motifs is 6. The second kappa shape index (κ2) is 39.5. The number of nitrogens with zero attached hydrogens (tertiary/aromatic N) is 9. The average Bonchev–Trinajstić information content (AvgIpc) is 1.54. The van der Waals surface area contributed by atoms with E-state index in [2.05, 4.69) is 155 Å². The van der Waals surface area contributed by atoms with Gasteiger partial charge in [-0.3, -0.25) is 29.1 Å². The van der Waals surface area contributed by atoms with Crippen molar-refractivity contribution in [3.05, 3.63) is 231 Å². The number of para-hydroxylation sites is 3. The van der Waals surface area contributed by atoms with Crippen LogP contribution in [0.15, 0.2) is 164 Å². The first-order chi connectivity index (χ1) is 64.7. The zero-order valence-corrected chi connectivity index (χ0v) is 78.5. The van der Waals surface area contributed by atoms with Gasteiger partial charge in [0.25, 0.3) is 0 Å². The molecule has 9 fully saturated rings. The number of aryl methyl sites for hydroxylation is 3. The van der Waals surface area contributed by atoms with Crippen molar-refractivity contribution < 1.29 is 72.3 Å². The Labute approximate surface area is 782 Å². The van der Waals surface area contributed by atoms with E-state index in [1.54, 1.807) is 21.3 Å². The van der Waals surface area contributed by atoms with Crippen molar-refractivity contribution >= 4 is 35.4 Å². The van der Waals surface area contributed by atoms with Crippen LogP contribution in [0.1, 0.15) is 150 Å². The molecular weight excluding hydrogens is 1680 g/mol. The Morgan fingerprint density at radius 3 is 1.05 bits per heavy atom. The maximum absolute atomic E-state index is 12.3. The van der Waals surface area contributed by atoms with Crippen molar-refractivity contribution in [3.8, 4) is 51.0 Å². The van der Waals surface area contributed by atoms with Gasteiger partial charge in [-0.25, -0.2) is 15.0 Å². The van der Waals surface area contributed by atoms with E-state index in [0.29, 0.717) is 108 Å². The first-order valence-corrected chi connectivity index (χ1v) is 48.6. The summed E-state index contributed by atoms with van der Waals surface area (Å²) in [5, 5.41) is 30.2. The molecule has 12 heterocycles. The third-order valence-electron chi connectivity index (χ3n) is 31.8. The van der Waals surface area contributed by atoms with Crippen LogP contribution >= 0.6 is 0 Å². The van der Waals surface area contributed by atoms with Gasteiger partial charge in [0.1, 0.15) is 54.5 Å². The quantitative estimate of drug-likeness (QED) is 0.0432. The number of anilines is 3. The Morgan fingerprint density at radius 1 is 0.383 bits per heavy atom. The largest absolute Gasteiger partial charge is 0.488 e. The molecule has 133 heavy (non-hydrogen) atoms. The standard InChI is InChI=1S/2C37H45N3O5.C35H41N3O5/c2*1-24-6-4-7-30(32-8-5-9-34(38-32)40-21-28-19-37(28,36(41)42)33(40)23-43-3)35(24)45-22-26-10-11-27-12-15-39(20-25(2)31(27)18-26)29-13-16-44-17-14-29;1-23-5-3-6-29(30-7-4-8-32(36-30)38-20-27-18-35(27,34(39)40)31(38)22-41-2)33(23)43-21-24-9-10-25-11-14-37(19-26(25)17-24)28-12-15-42-16-13-28/h2*4-11,18,25,28-29,33H,12-17,19-23H2,1-3H3,(H,41,42);3-10,17,27-28,31H,11-16,18-22H2,1-2H3,(H,39,40)/t25-,28+,33-,37-;25-,28-,33+,37+;27-,31+,35+/m100/s1. The molecule has 24 heteroatoms. The van der Waals surface area contributed by atoms with E-state index < -0.39 is 34.2 Å². The molecule has 3 aromatic heterocycles. The van der Waals surface area contributed by atoms with Crippen LogP contribution in [0.4, 0.5) is 17.5 Å². The lowest BCUT2D eigenvalue weighted by Gasteiger charge is -2.37. The van der Waals surface area contributed by atoms with Gasteiger partial charge in [0.15, 0.2) is 0 Å². The van der Waals surface area contributed by atoms with Gasteiger partial charge in [-0.1, -0.05) is 123 Å². The highest BCUT2D eigenvalue weighted by atomic mass is 16.5. The minimum atomic E-state index is -0.736. The fourth-order valence-electron chi connectivity index (χ4n) is 24.1. The third kappa shape index (κ3) is 18.5. The Balaban J connectivity index is 0.000000129. The summed E-state index contributed by atoms with van der Waals surface area (Å²) in [5.74, 6) is 3.96. The molecule has 3 saturated carbocycles. The molecule has 21 rings (SSSR count). The first-order valence-electron chi connectivity index (χ1n) is 48.6. The van der Waals surface area contributed by atoms with Crippen molar-refractivity contribution in [2.24, 2.45) is 34.0 Å². The fraction of sp³-hybridized carbons (Fsp3) is 0.505. The van der Waals surface area contributed by atoms with E-state index in [9.17, 15) is 29.7 Å². The maximum atomic E-state index is 12.3. The number of rotatable bonds is 27. The summed E-state index contributed by atoms with van der Waals surface area (Å²) in [6, 6.07) is 58.2. The predicted molar refractivity (Wildman–Crippen MR) is 512 cm³/mol. The molecule has 3 N–H and O–H groups in total. The van der Waals surface area contributed by atoms with Gasteiger partial charge in [0, 0.05) is 155 Å². The van der Waals surface area contributed by atoms with Gasteiger partial charge in [-0.2, -0.15) is 0 Å². The van der Waals surface area contributed by atoms with E-state index in [4.69, 9.17) is 57.6 Å². The van der Waals surface area contributed by atoms with Gasteiger partial charge < -0.3 is 72.7 Å². The van der Waals surface area contributed by atoms with Crippen molar-refractivity contribution in [2.75, 3.05) is 148 Å². The number of carboxylic acids is 3. The fourth-order valence-corrected chi connectivity index (χ4v) is 24.1. The lowest BCUT2D eigenvalue weighted by molar-refractivity contribution is -0.145. The third-order valence-corrected chi connectivity index (χ3v) is 31.8. The number of methoxy groups -OCH3 is 3. The summed E-state index contributed by atoms with van der Waals surface area (Å²) in [7, 11) is 4.90. The number of hydrogen-bond donors (Lipinski definition) is 3. The summed E-state index contributed by atoms with van der Waals surface area (Å²) < 4.78 is 53.1. The summed E-state index contributed by atoms with van der Waals surface area (Å²) in [5.41, 5.74) is 18.4. The Kier molecular flexibility index (Phi) is 27.2. The topological polar surface area (TPSA) is 253 Å². The first kappa shape index (κ1) is 91.7. The number of aromatic nitrogens is 3. The Morgan fingerprint density at radius 2 is 0.699 bits per heavy atom. The normalized spacial score (nSPS) is 26.2. The highest BCUT2D eigenvalue weighted by Gasteiger charge is 2.73. The van der Waals surface area contributed by atoms with Gasteiger partial charge >= 0.3 is 17.9 Å². The van der Waals surface area contributed by atoms with Crippen LogP contribution in [-0.4, -0.2) is 232 Å². The van der Waals surface area contributed by atoms with Crippen LogP contribution in [0.2, 0.25) is 0 Å². The number of ether oxygens (including phenoxy) is 9. The number of benzene rings is 6. The highest BCUT2D eigenvalue weighted by molar-refractivity contribution is 5.85. The smallest absolute Gasteiger partial charge is 0.312 e. The summed E-state index contributed by atoms with van der Waals surface area (Å²) in [6.07, 6.45) is 12.1. The van der Waals surface area contributed by atoms with Crippen LogP contribution in [0.5, 0.6) is 17.2 Å². The predicted octanol–water partition coefficient (Wildman–Crippen LogP) is 16.5. The molecule has 0 spiro atoms. The molecule has 6 saturated heterocycles. The lowest BCUT2D eigenvalue weighted by Crippen LogP contribution is -2.43. The van der Waals surface area contributed by atoms with Gasteiger partial charge in [-0.15, -0.1) is 0 Å². The zero-order chi connectivity index (χ0) is 91.8. The van der Waals surface area contributed by atoms with Crippen LogP contribution in [0, 0.1) is 54.8 Å². The molecule has 0 amide bonds. The van der Waals surface area contributed by atoms with E-state index >= 15 is 0 Å². The molecule has 12 aliphatic rings. The molecular formula is C109H131N9O15. The molecule has 0 unspecified atom stereocenters. The van der Waals surface area contributed by atoms with E-state index in [1.165, 1.54) is 50.1 Å². The molecule has 6 aromatic carbocycles. The molecule has 9 aromatic rings. The molecule has 702 valence electrons. The summed E-state index contributed by atoms with van der Waals surface area (Å²) in [6.45, 7) is 27.2. The van der Waals surface area contributed by atoms with Crippen molar-refractivity contribution in [3.63, 3.8) is 0 Å². The molecule has 0 radical (unpaired) electrons. The van der Waals surface area contributed by atoms with Crippen LogP contribution < -0.4 is 28.9 Å². The number of aliphatic carboxylic acids is 3. The van der Waals surface area contributed by atoms with Crippen LogP contribution in [-0.2, 0) is 88.4 Å². The van der Waals surface area contributed by atoms with Gasteiger partial charge in [0.05, 0.1) is 71.3 Å². The van der Waals surface area contributed by atoms with E-state index in [0.717, 1.165) is 222 Å². The van der Waals surface area contributed by atoms with Crippen LogP contribution in [0.25, 0.3) is 33.8 Å². The van der Waals surface area contributed by atoms with Crippen molar-refractivity contribution in [2.45, 2.75) is 186 Å². The molecule has 11 atom stereocenters. The number of hydrogen-bond acceptors (Lipinski definition) is 21. The number of pyridine rings is 3.